The van der Waals surface area contributed by atoms with Gasteiger partial charge in [-0.15, -0.1) is 0 Å². The Hall–Kier alpha value is -0.460. The molecular formula is C14H28O. The number of hydrogen-bond donors (Lipinski definition) is 0. The summed E-state index contributed by atoms with van der Waals surface area (Å²) in [7, 11) is 0. The molecule has 0 aromatic heterocycles. The second kappa shape index (κ2) is 13.5. The highest BCUT2D eigenvalue weighted by Crippen LogP contribution is 2.03. The molecule has 15 heavy (non-hydrogen) atoms. The van der Waals surface area contributed by atoms with Crippen LogP contribution in [0.15, 0.2) is 12.3 Å². The zero-order chi connectivity index (χ0) is 11.2. The van der Waals surface area contributed by atoms with Crippen molar-refractivity contribution in [2.75, 3.05) is 6.61 Å². The van der Waals surface area contributed by atoms with Crippen LogP contribution in [0.2, 0.25) is 0 Å². The van der Waals surface area contributed by atoms with Crippen molar-refractivity contribution < 1.29 is 4.74 Å². The molecule has 0 aliphatic rings. The molecule has 0 spiro atoms. The topological polar surface area (TPSA) is 9.23 Å². The van der Waals surface area contributed by atoms with Gasteiger partial charge in [-0.05, 0) is 25.3 Å². The summed E-state index contributed by atoms with van der Waals surface area (Å²) in [5, 5.41) is 0. The van der Waals surface area contributed by atoms with E-state index in [1.807, 2.05) is 6.26 Å². The summed E-state index contributed by atoms with van der Waals surface area (Å²) in [6, 6.07) is 0. The minimum absolute atomic E-state index is 0.894. The molecule has 0 radical (unpaired) electrons. The maximum Gasteiger partial charge on any atom is 0.0873 e. The third-order valence-electron chi connectivity index (χ3n) is 2.53. The van der Waals surface area contributed by atoms with Gasteiger partial charge in [0.15, 0.2) is 0 Å². The fourth-order valence-electron chi connectivity index (χ4n) is 1.51. The van der Waals surface area contributed by atoms with Crippen LogP contribution >= 0.6 is 0 Å². The molecule has 90 valence electrons. The summed E-state index contributed by atoms with van der Waals surface area (Å²) in [5.74, 6) is 0. The van der Waals surface area contributed by atoms with Crippen molar-refractivity contribution >= 4 is 0 Å². The highest BCUT2D eigenvalue weighted by Gasteiger charge is 1.87. The van der Waals surface area contributed by atoms with Gasteiger partial charge in [-0.25, -0.2) is 0 Å². The van der Waals surface area contributed by atoms with E-state index >= 15 is 0 Å². The number of unbranched alkanes of at least 4 members (excludes halogenated alkanes) is 7. The lowest BCUT2D eigenvalue weighted by atomic mass is 10.1. The molecule has 0 aromatic carbocycles. The smallest absolute Gasteiger partial charge is 0.0873 e. The Morgan fingerprint density at radius 3 is 2.13 bits per heavy atom. The molecule has 0 amide bonds. The van der Waals surface area contributed by atoms with Crippen molar-refractivity contribution in [2.45, 2.75) is 71.6 Å². The van der Waals surface area contributed by atoms with Gasteiger partial charge in [-0.2, -0.15) is 0 Å². The lowest BCUT2D eigenvalue weighted by Crippen LogP contribution is -1.87. The molecule has 0 rings (SSSR count). The van der Waals surface area contributed by atoms with E-state index in [4.69, 9.17) is 4.74 Å². The first-order valence-electron chi connectivity index (χ1n) is 6.68. The molecule has 0 aromatic rings. The van der Waals surface area contributed by atoms with Crippen molar-refractivity contribution in [3.05, 3.63) is 12.3 Å². The lowest BCUT2D eigenvalue weighted by molar-refractivity contribution is 0.239. The van der Waals surface area contributed by atoms with Crippen LogP contribution < -0.4 is 0 Å². The first-order valence-corrected chi connectivity index (χ1v) is 6.68. The minimum atomic E-state index is 0.894. The molecule has 0 aliphatic carbocycles. The maximum atomic E-state index is 5.41. The molecule has 0 aliphatic heterocycles. The van der Waals surface area contributed by atoms with Gasteiger partial charge in [-0.1, -0.05) is 52.4 Å². The molecule has 1 nitrogen and oxygen atoms in total. The highest BCUT2D eigenvalue weighted by molar-refractivity contribution is 4.73. The van der Waals surface area contributed by atoms with Crippen LogP contribution in [0, 0.1) is 0 Å². The summed E-state index contributed by atoms with van der Waals surface area (Å²) in [6.07, 6.45) is 15.7. The Labute approximate surface area is 95.9 Å². The van der Waals surface area contributed by atoms with Crippen molar-refractivity contribution in [2.24, 2.45) is 0 Å². The summed E-state index contributed by atoms with van der Waals surface area (Å²) in [6.45, 7) is 5.37. The summed E-state index contributed by atoms with van der Waals surface area (Å²) in [4.78, 5) is 0. The van der Waals surface area contributed by atoms with Crippen LogP contribution in [0.4, 0.5) is 0 Å². The quantitative estimate of drug-likeness (QED) is 0.343. The summed E-state index contributed by atoms with van der Waals surface area (Å²) in [5.41, 5.74) is 0. The van der Waals surface area contributed by atoms with E-state index in [9.17, 15) is 0 Å². The standard InChI is InChI=1S/C14H28O/c1-3-5-7-9-10-12-14-15-13-11-8-6-4-2/h12,14H,3-11,13H2,1-2H3. The van der Waals surface area contributed by atoms with Crippen molar-refractivity contribution in [1.29, 1.82) is 0 Å². The maximum absolute atomic E-state index is 5.41. The predicted molar refractivity (Wildman–Crippen MR) is 68.0 cm³/mol. The number of rotatable bonds is 11. The second-order valence-electron chi connectivity index (χ2n) is 4.15. The monoisotopic (exact) mass is 212 g/mol. The van der Waals surface area contributed by atoms with Crippen LogP contribution in [-0.2, 0) is 4.74 Å². The zero-order valence-corrected chi connectivity index (χ0v) is 10.6. The van der Waals surface area contributed by atoms with Gasteiger partial charge in [0.2, 0.25) is 0 Å². The van der Waals surface area contributed by atoms with Gasteiger partial charge in [-0.3, -0.25) is 0 Å². The van der Waals surface area contributed by atoms with Crippen LogP contribution in [0.1, 0.15) is 71.6 Å². The van der Waals surface area contributed by atoms with E-state index in [-0.39, 0.29) is 0 Å². The molecule has 0 bridgehead atoms. The average molecular weight is 212 g/mol. The van der Waals surface area contributed by atoms with Crippen molar-refractivity contribution in [3.8, 4) is 0 Å². The Bertz CT molecular complexity index is 129. The molecule has 0 unspecified atom stereocenters. The average Bonchev–Trinajstić information content (AvgIpc) is 2.26. The van der Waals surface area contributed by atoms with Crippen LogP contribution in [0.25, 0.3) is 0 Å². The molecule has 0 saturated carbocycles. The molecule has 0 heterocycles. The molecule has 0 atom stereocenters. The minimum Gasteiger partial charge on any atom is -0.502 e. The number of ether oxygens (including phenoxy) is 1. The second-order valence-corrected chi connectivity index (χ2v) is 4.15. The zero-order valence-electron chi connectivity index (χ0n) is 10.6. The largest absolute Gasteiger partial charge is 0.502 e. The molecule has 0 fully saturated rings. The normalized spacial score (nSPS) is 11.1. The fraction of sp³-hybridized carbons (Fsp3) is 0.857. The number of hydrogen-bond acceptors (Lipinski definition) is 1. The Kier molecular flexibility index (Phi) is 13.1. The van der Waals surface area contributed by atoms with E-state index in [0.717, 1.165) is 6.61 Å². The van der Waals surface area contributed by atoms with Gasteiger partial charge in [0.05, 0.1) is 12.9 Å². The molecular weight excluding hydrogens is 184 g/mol. The van der Waals surface area contributed by atoms with E-state index < -0.39 is 0 Å². The Balaban J connectivity index is 2.97. The van der Waals surface area contributed by atoms with E-state index in [1.54, 1.807) is 0 Å². The first-order chi connectivity index (χ1) is 7.41. The van der Waals surface area contributed by atoms with Gasteiger partial charge < -0.3 is 4.74 Å². The van der Waals surface area contributed by atoms with Gasteiger partial charge in [0, 0.05) is 0 Å². The van der Waals surface area contributed by atoms with Crippen LogP contribution in [0.3, 0.4) is 0 Å². The van der Waals surface area contributed by atoms with Crippen molar-refractivity contribution in [1.82, 2.24) is 0 Å². The van der Waals surface area contributed by atoms with Crippen LogP contribution in [0.5, 0.6) is 0 Å². The SMILES string of the molecule is CCCCCCC=COCCCCCC. The molecule has 0 N–H and O–H groups in total. The summed E-state index contributed by atoms with van der Waals surface area (Å²) < 4.78 is 5.41. The van der Waals surface area contributed by atoms with Gasteiger partial charge in [0.25, 0.3) is 0 Å². The fourth-order valence-corrected chi connectivity index (χ4v) is 1.51. The van der Waals surface area contributed by atoms with Gasteiger partial charge in [0.1, 0.15) is 0 Å². The highest BCUT2D eigenvalue weighted by atomic mass is 16.5. The lowest BCUT2D eigenvalue weighted by Gasteiger charge is -1.99. The van der Waals surface area contributed by atoms with E-state index in [0.29, 0.717) is 0 Å². The van der Waals surface area contributed by atoms with E-state index in [2.05, 4.69) is 19.9 Å². The summed E-state index contributed by atoms with van der Waals surface area (Å²) >= 11 is 0. The first kappa shape index (κ1) is 14.5. The van der Waals surface area contributed by atoms with Crippen LogP contribution in [-0.4, -0.2) is 6.61 Å². The Morgan fingerprint density at radius 2 is 1.47 bits per heavy atom. The van der Waals surface area contributed by atoms with Gasteiger partial charge >= 0.3 is 0 Å². The third kappa shape index (κ3) is 13.5. The molecule has 1 heteroatoms. The predicted octanol–water partition coefficient (Wildman–Crippen LogP) is 5.07. The molecule has 0 saturated heterocycles. The van der Waals surface area contributed by atoms with Crippen molar-refractivity contribution in [3.63, 3.8) is 0 Å². The van der Waals surface area contributed by atoms with E-state index in [1.165, 1.54) is 57.8 Å². The Morgan fingerprint density at radius 1 is 0.800 bits per heavy atom. The third-order valence-corrected chi connectivity index (χ3v) is 2.53. The number of allylic oxidation sites excluding steroid dienone is 1.